The first-order valence-electron chi connectivity index (χ1n) is 8.18. The number of hydrogen-bond acceptors (Lipinski definition) is 0. The van der Waals surface area contributed by atoms with Crippen molar-refractivity contribution in [2.75, 3.05) is 0 Å². The topological polar surface area (TPSA) is 0 Å². The summed E-state index contributed by atoms with van der Waals surface area (Å²) in [5, 5.41) is 2.67. The molecule has 0 atom stereocenters. The average molecular weight is 403 g/mol. The summed E-state index contributed by atoms with van der Waals surface area (Å²) >= 11 is 3.53. The molecule has 4 aromatic rings. The van der Waals surface area contributed by atoms with Gasteiger partial charge in [-0.1, -0.05) is 96.9 Å². The number of halogens is 1. The maximum atomic E-state index is 3.53. The predicted molar refractivity (Wildman–Crippen MR) is 113 cm³/mol. The molecule has 0 fully saturated rings. The van der Waals surface area contributed by atoms with Gasteiger partial charge in [0.05, 0.1) is 0 Å². The van der Waals surface area contributed by atoms with Gasteiger partial charge < -0.3 is 0 Å². The second-order valence-electron chi connectivity index (χ2n) is 5.87. The maximum absolute atomic E-state index is 3.53. The van der Waals surface area contributed by atoms with Gasteiger partial charge in [-0.3, -0.25) is 0 Å². The molecule has 0 unspecified atom stereocenters. The first-order valence-corrected chi connectivity index (χ1v) is 9.87. The normalized spacial score (nSPS) is 10.6. The minimum Gasteiger partial charge on any atom is -0.0622 e. The van der Waals surface area contributed by atoms with E-state index in [9.17, 15) is 0 Å². The molecule has 1 aromatic heterocycles. The van der Waals surface area contributed by atoms with Crippen molar-refractivity contribution in [2.45, 2.75) is 0 Å². The van der Waals surface area contributed by atoms with Gasteiger partial charge in [-0.25, -0.2) is 0 Å². The molecule has 0 aliphatic heterocycles. The third-order valence-electron chi connectivity index (χ3n) is 4.14. The van der Waals surface area contributed by atoms with E-state index in [1.54, 1.807) is 0 Å². The van der Waals surface area contributed by atoms with Gasteiger partial charge in [-0.05, 0) is 46.5 Å². The van der Waals surface area contributed by atoms with Crippen LogP contribution in [-0.2, 0) is 0 Å². The summed E-state index contributed by atoms with van der Waals surface area (Å²) in [4.78, 5) is 0. The first kappa shape index (κ1) is 16.3. The van der Waals surface area contributed by atoms with Gasteiger partial charge in [0.15, 0.2) is 0 Å². The highest BCUT2D eigenvalue weighted by Crippen LogP contribution is 2.40. The van der Waals surface area contributed by atoms with Crippen molar-refractivity contribution in [1.82, 2.24) is 0 Å². The van der Waals surface area contributed by atoms with Gasteiger partial charge in [0, 0.05) is 15.1 Å². The summed E-state index contributed by atoms with van der Waals surface area (Å²) in [7, 11) is 1.25. The van der Waals surface area contributed by atoms with E-state index in [1.165, 1.54) is 41.0 Å². The van der Waals surface area contributed by atoms with Crippen LogP contribution in [0, 0.1) is 0 Å². The van der Waals surface area contributed by atoms with Crippen LogP contribution < -0.4 is 0 Å². The molecule has 0 spiro atoms. The third-order valence-corrected chi connectivity index (χ3v) is 5.93. The molecule has 0 bridgehead atoms. The van der Waals surface area contributed by atoms with E-state index in [1.807, 2.05) is 0 Å². The van der Waals surface area contributed by atoms with E-state index in [2.05, 4.69) is 113 Å². The second kappa shape index (κ2) is 7.35. The zero-order chi connectivity index (χ0) is 17.1. The quantitative estimate of drug-likeness (QED) is 0.325. The Morgan fingerprint density at radius 2 is 0.960 bits per heavy atom. The number of benzene rings is 3. The fraction of sp³-hybridized carbons (Fsp3) is 0. The van der Waals surface area contributed by atoms with Crippen LogP contribution >= 0.6 is 24.1 Å². The molecule has 1 heterocycles. The van der Waals surface area contributed by atoms with Crippen LogP contribution in [0.1, 0.15) is 0 Å². The van der Waals surface area contributed by atoms with Crippen molar-refractivity contribution < 1.29 is 0 Å². The van der Waals surface area contributed by atoms with Crippen LogP contribution in [0.2, 0.25) is 0 Å². The van der Waals surface area contributed by atoms with Gasteiger partial charge in [-0.15, -0.1) is 0 Å². The van der Waals surface area contributed by atoms with Crippen molar-refractivity contribution in [3.05, 3.63) is 102 Å². The third kappa shape index (κ3) is 3.74. The molecule has 3 aromatic carbocycles. The Hall–Kier alpha value is -2.21. The van der Waals surface area contributed by atoms with Gasteiger partial charge >= 0.3 is 0 Å². The monoisotopic (exact) mass is 402 g/mol. The zero-order valence-corrected chi connectivity index (χ0v) is 16.0. The van der Waals surface area contributed by atoms with E-state index in [4.69, 9.17) is 0 Å². The molecule has 0 radical (unpaired) electrons. The fourth-order valence-electron chi connectivity index (χ4n) is 2.85. The molecular formula is C23H16BrP. The molecule has 0 saturated heterocycles. The number of rotatable bonds is 3. The van der Waals surface area contributed by atoms with Gasteiger partial charge in [0.2, 0.25) is 0 Å². The lowest BCUT2D eigenvalue weighted by Crippen LogP contribution is -1.82. The van der Waals surface area contributed by atoms with Crippen LogP contribution in [0.15, 0.2) is 102 Å². The Morgan fingerprint density at radius 1 is 0.480 bits per heavy atom. The molecule has 0 N–H and O–H groups in total. The van der Waals surface area contributed by atoms with Crippen LogP contribution in [0.25, 0.3) is 32.8 Å². The lowest BCUT2D eigenvalue weighted by Gasteiger charge is -2.10. The van der Waals surface area contributed by atoms with Crippen molar-refractivity contribution in [3.8, 4) is 32.8 Å². The maximum Gasteiger partial charge on any atom is 0.0175 e. The van der Waals surface area contributed by atoms with E-state index in [0.29, 0.717) is 0 Å². The summed E-state index contributed by atoms with van der Waals surface area (Å²) < 4.78 is 1.10. The number of hydrogen-bond donors (Lipinski definition) is 0. The molecule has 0 aliphatic carbocycles. The predicted octanol–water partition coefficient (Wildman–Crippen LogP) is 8.03. The van der Waals surface area contributed by atoms with Gasteiger partial charge in [0.25, 0.3) is 0 Å². The van der Waals surface area contributed by atoms with Gasteiger partial charge in [0.1, 0.15) is 0 Å². The molecule has 120 valence electrons. The molecular weight excluding hydrogens is 387 g/mol. The molecule has 4 rings (SSSR count). The zero-order valence-electron chi connectivity index (χ0n) is 13.6. The highest BCUT2D eigenvalue weighted by Gasteiger charge is 2.07. The first-order chi connectivity index (χ1) is 12.3. The average Bonchev–Trinajstić information content (AvgIpc) is 2.69. The van der Waals surface area contributed by atoms with E-state index >= 15 is 0 Å². The Bertz CT molecular complexity index is 920. The minimum absolute atomic E-state index is 1.10. The van der Waals surface area contributed by atoms with Crippen LogP contribution in [-0.4, -0.2) is 0 Å². The summed E-state index contributed by atoms with van der Waals surface area (Å²) in [5.41, 5.74) is 5.05. The molecule has 0 nitrogen and oxygen atoms in total. The molecule has 0 saturated carbocycles. The van der Waals surface area contributed by atoms with Crippen LogP contribution in [0.3, 0.4) is 0 Å². The van der Waals surface area contributed by atoms with Crippen LogP contribution in [0.4, 0.5) is 0 Å². The highest BCUT2D eigenvalue weighted by atomic mass is 79.9. The van der Waals surface area contributed by atoms with Crippen molar-refractivity contribution in [1.29, 1.82) is 0 Å². The van der Waals surface area contributed by atoms with Crippen molar-refractivity contribution in [3.63, 3.8) is 0 Å². The highest BCUT2D eigenvalue weighted by molar-refractivity contribution is 9.10. The summed E-state index contributed by atoms with van der Waals surface area (Å²) in [6.45, 7) is 0. The van der Waals surface area contributed by atoms with Gasteiger partial charge in [-0.2, -0.15) is 0 Å². The summed E-state index contributed by atoms with van der Waals surface area (Å²) in [5.74, 6) is 0. The lowest BCUT2D eigenvalue weighted by atomic mass is 10.0. The minimum atomic E-state index is 1.10. The Balaban J connectivity index is 1.90. The SMILES string of the molecule is Brc1ccc(-c2cc(-c3ccccc3)pc(-c3ccccc3)c2)cc1. The Morgan fingerprint density at radius 3 is 1.44 bits per heavy atom. The molecule has 2 heteroatoms. The fourth-order valence-corrected chi connectivity index (χ4v) is 4.34. The van der Waals surface area contributed by atoms with E-state index in [-0.39, 0.29) is 0 Å². The Kier molecular flexibility index (Phi) is 4.78. The standard InChI is InChI=1S/C23H16BrP/c24-21-13-11-17(12-14-21)20-15-22(18-7-3-1-4-8-18)25-23(16-20)19-9-5-2-6-10-19/h1-16H. The largest absolute Gasteiger partial charge is 0.0622 e. The van der Waals surface area contributed by atoms with Crippen molar-refractivity contribution in [2.24, 2.45) is 0 Å². The lowest BCUT2D eigenvalue weighted by molar-refractivity contribution is 1.60. The molecule has 25 heavy (non-hydrogen) atoms. The Labute approximate surface area is 158 Å². The van der Waals surface area contributed by atoms with E-state index in [0.717, 1.165) is 4.47 Å². The second-order valence-corrected chi connectivity index (χ2v) is 7.97. The smallest absolute Gasteiger partial charge is 0.0175 e. The molecule has 0 aliphatic rings. The summed E-state index contributed by atoms with van der Waals surface area (Å²) in [6, 6.07) is 34.4. The van der Waals surface area contributed by atoms with Crippen LogP contribution in [0.5, 0.6) is 0 Å². The van der Waals surface area contributed by atoms with E-state index < -0.39 is 0 Å². The molecule has 0 amide bonds. The van der Waals surface area contributed by atoms with Crippen molar-refractivity contribution >= 4 is 24.1 Å². The summed E-state index contributed by atoms with van der Waals surface area (Å²) in [6.07, 6.45) is 0.